The van der Waals surface area contributed by atoms with E-state index in [0.717, 1.165) is 12.1 Å². The topological polar surface area (TPSA) is 29.5 Å². The Morgan fingerprint density at radius 1 is 1.33 bits per heavy atom. The number of morpholine rings is 1. The molecule has 1 amide bonds. The molecule has 7 heteroatoms. The molecule has 128 valence electrons. The molecule has 0 spiro atoms. The Bertz CT molecular complexity index is 700. The average Bonchev–Trinajstić information content (AvgIpc) is 3.08. The summed E-state index contributed by atoms with van der Waals surface area (Å²) in [5.41, 5.74) is 0.529. The summed E-state index contributed by atoms with van der Waals surface area (Å²) in [6, 6.07) is 7.01. The van der Waals surface area contributed by atoms with Crippen LogP contribution in [0.3, 0.4) is 0 Å². The largest absolute Gasteiger partial charge is 0.416 e. The first kappa shape index (κ1) is 17.0. The molecular weight excluding hydrogens is 339 g/mol. The predicted octanol–water partition coefficient (Wildman–Crippen LogP) is 3.85. The molecule has 1 aromatic heterocycles. The zero-order valence-corrected chi connectivity index (χ0v) is 13.6. The molecule has 1 saturated heterocycles. The number of nitrogens with zero attached hydrogens (tertiary/aromatic N) is 1. The number of carbonyl (C=O) groups excluding carboxylic acids is 1. The zero-order chi connectivity index (χ0) is 17.2. The maximum Gasteiger partial charge on any atom is 0.416 e. The maximum absolute atomic E-state index is 12.8. The molecule has 0 radical (unpaired) electrons. The summed E-state index contributed by atoms with van der Waals surface area (Å²) in [6.45, 7) is 1.26. The highest BCUT2D eigenvalue weighted by atomic mass is 32.1. The average molecular weight is 355 g/mol. The SMILES string of the molecule is O=C(c1ccsc1)N1CCO[C@@H](Cc2cccc(C(F)(F)F)c2)C1. The molecule has 3 rings (SSSR count). The molecule has 1 atom stereocenters. The standard InChI is InChI=1S/C17H16F3NO2S/c18-17(19,20)14-3-1-2-12(8-14)9-15-10-21(5-6-23-15)16(22)13-4-7-24-11-13/h1-4,7-8,11,15H,5-6,9-10H2/t15-/m0/s1. The van der Waals surface area contributed by atoms with Crippen LogP contribution < -0.4 is 0 Å². The number of hydrogen-bond donors (Lipinski definition) is 0. The van der Waals surface area contributed by atoms with Crippen molar-refractivity contribution in [2.45, 2.75) is 18.7 Å². The highest BCUT2D eigenvalue weighted by molar-refractivity contribution is 7.08. The molecule has 3 nitrogen and oxygen atoms in total. The number of thiophene rings is 1. The first-order valence-corrected chi connectivity index (χ1v) is 8.47. The van der Waals surface area contributed by atoms with Crippen molar-refractivity contribution < 1.29 is 22.7 Å². The summed E-state index contributed by atoms with van der Waals surface area (Å²) in [7, 11) is 0. The third-order valence-corrected chi connectivity index (χ3v) is 4.60. The Kier molecular flexibility index (Phi) is 4.91. The van der Waals surface area contributed by atoms with Crippen molar-refractivity contribution in [1.29, 1.82) is 0 Å². The smallest absolute Gasteiger partial charge is 0.374 e. The van der Waals surface area contributed by atoms with E-state index in [0.29, 0.717) is 37.2 Å². The third-order valence-electron chi connectivity index (χ3n) is 3.91. The minimum Gasteiger partial charge on any atom is -0.374 e. The number of rotatable bonds is 3. The van der Waals surface area contributed by atoms with Gasteiger partial charge in [0.2, 0.25) is 0 Å². The Morgan fingerprint density at radius 3 is 2.88 bits per heavy atom. The minimum absolute atomic E-state index is 0.0615. The van der Waals surface area contributed by atoms with Crippen molar-refractivity contribution in [3.63, 3.8) is 0 Å². The van der Waals surface area contributed by atoms with Gasteiger partial charge in [-0.25, -0.2) is 0 Å². The lowest BCUT2D eigenvalue weighted by atomic mass is 10.0. The van der Waals surface area contributed by atoms with E-state index in [9.17, 15) is 18.0 Å². The zero-order valence-electron chi connectivity index (χ0n) is 12.8. The summed E-state index contributed by atoms with van der Waals surface area (Å²) in [6.07, 6.45) is -4.31. The lowest BCUT2D eigenvalue weighted by Gasteiger charge is -2.33. The van der Waals surface area contributed by atoms with Gasteiger partial charge < -0.3 is 9.64 Å². The number of ether oxygens (including phenoxy) is 1. The van der Waals surface area contributed by atoms with Crippen LogP contribution in [0.2, 0.25) is 0 Å². The molecule has 2 heterocycles. The van der Waals surface area contributed by atoms with Gasteiger partial charge in [-0.1, -0.05) is 18.2 Å². The second-order valence-corrected chi connectivity index (χ2v) is 6.44. The van der Waals surface area contributed by atoms with Gasteiger partial charge in [0.05, 0.1) is 23.8 Å². The second kappa shape index (κ2) is 6.94. The van der Waals surface area contributed by atoms with Crippen LogP contribution in [0, 0.1) is 0 Å². The summed E-state index contributed by atoms with van der Waals surface area (Å²) in [4.78, 5) is 14.1. The molecule has 1 fully saturated rings. The molecule has 0 bridgehead atoms. The minimum atomic E-state index is -4.36. The molecular formula is C17H16F3NO2S. The van der Waals surface area contributed by atoms with Crippen LogP contribution >= 0.6 is 11.3 Å². The van der Waals surface area contributed by atoms with E-state index in [2.05, 4.69) is 0 Å². The first-order chi connectivity index (χ1) is 11.4. The molecule has 0 unspecified atom stereocenters. The maximum atomic E-state index is 12.8. The molecule has 1 aliphatic rings. The number of amides is 1. The van der Waals surface area contributed by atoms with Gasteiger partial charge in [0, 0.05) is 24.9 Å². The van der Waals surface area contributed by atoms with Crippen LogP contribution in [0.5, 0.6) is 0 Å². The van der Waals surface area contributed by atoms with E-state index in [4.69, 9.17) is 4.74 Å². The third kappa shape index (κ3) is 3.96. The van der Waals surface area contributed by atoms with Gasteiger partial charge in [0.1, 0.15) is 0 Å². The quantitative estimate of drug-likeness (QED) is 0.837. The van der Waals surface area contributed by atoms with Crippen molar-refractivity contribution in [1.82, 2.24) is 4.90 Å². The predicted molar refractivity (Wildman–Crippen MR) is 85.1 cm³/mol. The monoisotopic (exact) mass is 355 g/mol. The van der Waals surface area contributed by atoms with E-state index in [-0.39, 0.29) is 12.0 Å². The Balaban J connectivity index is 1.67. The van der Waals surface area contributed by atoms with E-state index in [1.165, 1.54) is 17.4 Å². The van der Waals surface area contributed by atoms with Crippen LogP contribution in [0.25, 0.3) is 0 Å². The van der Waals surface area contributed by atoms with Gasteiger partial charge in [0.15, 0.2) is 0 Å². The van der Waals surface area contributed by atoms with Crippen molar-refractivity contribution in [2.75, 3.05) is 19.7 Å². The summed E-state index contributed by atoms with van der Waals surface area (Å²) in [5, 5.41) is 3.63. The van der Waals surface area contributed by atoms with Gasteiger partial charge in [-0.3, -0.25) is 4.79 Å². The Hall–Kier alpha value is -1.86. The molecule has 0 saturated carbocycles. The number of hydrogen-bond acceptors (Lipinski definition) is 3. The fraction of sp³-hybridized carbons (Fsp3) is 0.353. The van der Waals surface area contributed by atoms with E-state index in [1.54, 1.807) is 22.4 Å². The van der Waals surface area contributed by atoms with Crippen LogP contribution in [0.4, 0.5) is 13.2 Å². The van der Waals surface area contributed by atoms with Crippen LogP contribution in [0.1, 0.15) is 21.5 Å². The van der Waals surface area contributed by atoms with Gasteiger partial charge in [0.25, 0.3) is 5.91 Å². The number of benzene rings is 1. The number of carbonyl (C=O) groups is 1. The Labute approximate surface area is 141 Å². The lowest BCUT2D eigenvalue weighted by Crippen LogP contribution is -2.46. The number of alkyl halides is 3. The van der Waals surface area contributed by atoms with Crippen LogP contribution in [-0.4, -0.2) is 36.6 Å². The highest BCUT2D eigenvalue weighted by Crippen LogP contribution is 2.30. The van der Waals surface area contributed by atoms with Crippen molar-refractivity contribution in [3.8, 4) is 0 Å². The van der Waals surface area contributed by atoms with E-state index >= 15 is 0 Å². The number of halogens is 3. The fourth-order valence-corrected chi connectivity index (χ4v) is 3.36. The molecule has 2 aromatic rings. The molecule has 1 aliphatic heterocycles. The van der Waals surface area contributed by atoms with Gasteiger partial charge >= 0.3 is 6.18 Å². The molecule has 24 heavy (non-hydrogen) atoms. The first-order valence-electron chi connectivity index (χ1n) is 7.53. The molecule has 0 N–H and O–H groups in total. The van der Waals surface area contributed by atoms with Gasteiger partial charge in [-0.15, -0.1) is 0 Å². The van der Waals surface area contributed by atoms with Crippen molar-refractivity contribution in [2.24, 2.45) is 0 Å². The van der Waals surface area contributed by atoms with E-state index in [1.807, 2.05) is 5.38 Å². The highest BCUT2D eigenvalue weighted by Gasteiger charge is 2.31. The van der Waals surface area contributed by atoms with Gasteiger partial charge in [-0.2, -0.15) is 24.5 Å². The van der Waals surface area contributed by atoms with E-state index < -0.39 is 11.7 Å². The molecule has 0 aliphatic carbocycles. The Morgan fingerprint density at radius 2 is 2.17 bits per heavy atom. The van der Waals surface area contributed by atoms with Crippen LogP contribution in [0.15, 0.2) is 41.1 Å². The summed E-state index contributed by atoms with van der Waals surface area (Å²) >= 11 is 1.45. The van der Waals surface area contributed by atoms with Crippen LogP contribution in [-0.2, 0) is 17.3 Å². The lowest BCUT2D eigenvalue weighted by molar-refractivity contribution is -0.137. The normalized spacial score (nSPS) is 18.6. The summed E-state index contributed by atoms with van der Waals surface area (Å²) < 4.78 is 44.0. The van der Waals surface area contributed by atoms with Crippen molar-refractivity contribution >= 4 is 17.2 Å². The van der Waals surface area contributed by atoms with Crippen molar-refractivity contribution in [3.05, 3.63) is 57.8 Å². The summed E-state index contributed by atoms with van der Waals surface area (Å²) in [5.74, 6) is -0.0615. The fourth-order valence-electron chi connectivity index (χ4n) is 2.73. The molecule has 1 aromatic carbocycles. The van der Waals surface area contributed by atoms with Gasteiger partial charge in [-0.05, 0) is 23.1 Å². The second-order valence-electron chi connectivity index (χ2n) is 5.66.